The van der Waals surface area contributed by atoms with Crippen LogP contribution in [0.25, 0.3) is 0 Å². The predicted octanol–water partition coefficient (Wildman–Crippen LogP) is 2.06. The molecule has 0 amide bonds. The van der Waals surface area contributed by atoms with Gasteiger partial charge in [0.15, 0.2) is 0 Å². The van der Waals surface area contributed by atoms with E-state index in [9.17, 15) is 9.50 Å². The van der Waals surface area contributed by atoms with E-state index >= 15 is 0 Å². The number of halogens is 1. The van der Waals surface area contributed by atoms with Gasteiger partial charge in [-0.3, -0.25) is 0 Å². The smallest absolute Gasteiger partial charge is 0.125 e. The van der Waals surface area contributed by atoms with Crippen molar-refractivity contribution in [2.24, 2.45) is 0 Å². The van der Waals surface area contributed by atoms with Gasteiger partial charge in [0.2, 0.25) is 0 Å². The Labute approximate surface area is 107 Å². The summed E-state index contributed by atoms with van der Waals surface area (Å²) < 4.78 is 13.4. The Morgan fingerprint density at radius 2 is 2.00 bits per heavy atom. The standard InChI is InChI=1S/C14H20FNO2/c1-16(13-4-2-3-5-14(13)18)12-7-10(9-17)6-11(15)8-12/h6-8,13-14,17-18H,2-5,9H2,1H3. The molecule has 1 aromatic rings. The molecule has 1 saturated carbocycles. The molecule has 1 fully saturated rings. The van der Waals surface area contributed by atoms with Gasteiger partial charge in [-0.15, -0.1) is 0 Å². The fourth-order valence-corrected chi connectivity index (χ4v) is 2.66. The highest BCUT2D eigenvalue weighted by Gasteiger charge is 2.27. The van der Waals surface area contributed by atoms with Gasteiger partial charge in [0.05, 0.1) is 18.8 Å². The fraction of sp³-hybridized carbons (Fsp3) is 0.571. The summed E-state index contributed by atoms with van der Waals surface area (Å²) in [5.41, 5.74) is 1.27. The molecule has 2 unspecified atom stereocenters. The number of likely N-dealkylation sites (N-methyl/N-ethyl adjacent to an activating group) is 1. The molecule has 2 N–H and O–H groups in total. The van der Waals surface area contributed by atoms with Gasteiger partial charge in [-0.2, -0.15) is 0 Å². The van der Waals surface area contributed by atoms with Gasteiger partial charge >= 0.3 is 0 Å². The highest BCUT2D eigenvalue weighted by Crippen LogP contribution is 2.27. The lowest BCUT2D eigenvalue weighted by atomic mass is 9.91. The first-order chi connectivity index (χ1) is 8.61. The van der Waals surface area contributed by atoms with Crippen LogP contribution >= 0.6 is 0 Å². The molecule has 2 rings (SSSR count). The number of rotatable bonds is 3. The van der Waals surface area contributed by atoms with Crippen LogP contribution in [0.15, 0.2) is 18.2 Å². The Balaban J connectivity index is 2.21. The van der Waals surface area contributed by atoms with Crippen molar-refractivity contribution in [3.05, 3.63) is 29.6 Å². The molecule has 1 aliphatic rings. The molecule has 2 atom stereocenters. The lowest BCUT2D eigenvalue weighted by molar-refractivity contribution is 0.106. The molecule has 0 radical (unpaired) electrons. The second kappa shape index (κ2) is 5.67. The van der Waals surface area contributed by atoms with Crippen molar-refractivity contribution in [1.29, 1.82) is 0 Å². The topological polar surface area (TPSA) is 43.7 Å². The molecule has 0 aliphatic heterocycles. The third-order valence-electron chi connectivity index (χ3n) is 3.72. The zero-order chi connectivity index (χ0) is 13.1. The van der Waals surface area contributed by atoms with Gasteiger partial charge in [0.1, 0.15) is 5.82 Å². The van der Waals surface area contributed by atoms with E-state index < -0.39 is 0 Å². The third kappa shape index (κ3) is 2.82. The van der Waals surface area contributed by atoms with Crippen LogP contribution in [-0.4, -0.2) is 29.4 Å². The van der Waals surface area contributed by atoms with Crippen LogP contribution in [0.2, 0.25) is 0 Å². The Morgan fingerprint density at radius 3 is 2.67 bits per heavy atom. The SMILES string of the molecule is CN(c1cc(F)cc(CO)c1)C1CCCCC1O. The number of hydrogen-bond donors (Lipinski definition) is 2. The van der Waals surface area contributed by atoms with Gasteiger partial charge in [-0.1, -0.05) is 12.8 Å². The van der Waals surface area contributed by atoms with E-state index in [1.165, 1.54) is 12.1 Å². The molecule has 1 aromatic carbocycles. The zero-order valence-electron chi connectivity index (χ0n) is 10.6. The largest absolute Gasteiger partial charge is 0.392 e. The summed E-state index contributed by atoms with van der Waals surface area (Å²) in [6, 6.07) is 4.58. The van der Waals surface area contributed by atoms with Crippen molar-refractivity contribution in [3.63, 3.8) is 0 Å². The van der Waals surface area contributed by atoms with Gasteiger partial charge < -0.3 is 15.1 Å². The Hall–Kier alpha value is -1.13. The number of aliphatic hydroxyl groups is 2. The van der Waals surface area contributed by atoms with E-state index in [1.807, 2.05) is 11.9 Å². The van der Waals surface area contributed by atoms with E-state index in [1.54, 1.807) is 6.07 Å². The summed E-state index contributed by atoms with van der Waals surface area (Å²) in [6.45, 7) is -0.175. The Kier molecular flexibility index (Phi) is 4.19. The van der Waals surface area contributed by atoms with Crippen LogP contribution in [0.4, 0.5) is 10.1 Å². The van der Waals surface area contributed by atoms with Crippen molar-refractivity contribution in [1.82, 2.24) is 0 Å². The molecule has 1 aliphatic carbocycles. The van der Waals surface area contributed by atoms with E-state index in [4.69, 9.17) is 5.11 Å². The second-order valence-corrected chi connectivity index (χ2v) is 5.01. The van der Waals surface area contributed by atoms with Crippen LogP contribution in [0.3, 0.4) is 0 Å². The molecule has 0 aromatic heterocycles. The van der Waals surface area contributed by atoms with Gasteiger partial charge in [-0.05, 0) is 36.6 Å². The first-order valence-corrected chi connectivity index (χ1v) is 6.43. The lowest BCUT2D eigenvalue weighted by Crippen LogP contribution is -2.43. The summed E-state index contributed by atoms with van der Waals surface area (Å²) >= 11 is 0. The van der Waals surface area contributed by atoms with Gasteiger partial charge in [-0.25, -0.2) is 4.39 Å². The average Bonchev–Trinajstić information content (AvgIpc) is 2.37. The van der Waals surface area contributed by atoms with Crippen LogP contribution in [0.1, 0.15) is 31.2 Å². The molecule has 3 nitrogen and oxygen atoms in total. The van der Waals surface area contributed by atoms with E-state index in [0.717, 1.165) is 25.7 Å². The monoisotopic (exact) mass is 253 g/mol. The third-order valence-corrected chi connectivity index (χ3v) is 3.72. The summed E-state index contributed by atoms with van der Waals surface area (Å²) in [5.74, 6) is -0.353. The minimum absolute atomic E-state index is 0.0343. The molecule has 0 saturated heterocycles. The maximum Gasteiger partial charge on any atom is 0.125 e. The minimum Gasteiger partial charge on any atom is -0.392 e. The minimum atomic E-state index is -0.357. The van der Waals surface area contributed by atoms with E-state index in [0.29, 0.717) is 11.3 Å². The van der Waals surface area contributed by atoms with Crippen molar-refractivity contribution in [2.45, 2.75) is 44.4 Å². The lowest BCUT2D eigenvalue weighted by Gasteiger charge is -2.36. The molecular formula is C14H20FNO2. The molecular weight excluding hydrogens is 233 g/mol. The van der Waals surface area contributed by atoms with Crippen LogP contribution in [0, 0.1) is 5.82 Å². The van der Waals surface area contributed by atoms with Crippen molar-refractivity contribution >= 4 is 5.69 Å². The summed E-state index contributed by atoms with van der Waals surface area (Å²) in [5, 5.41) is 19.1. The summed E-state index contributed by atoms with van der Waals surface area (Å²) in [4.78, 5) is 1.92. The quantitative estimate of drug-likeness (QED) is 0.866. The summed E-state index contributed by atoms with van der Waals surface area (Å²) in [6.07, 6.45) is 3.51. The molecule has 100 valence electrons. The second-order valence-electron chi connectivity index (χ2n) is 5.01. The average molecular weight is 253 g/mol. The fourth-order valence-electron chi connectivity index (χ4n) is 2.66. The number of benzene rings is 1. The van der Waals surface area contributed by atoms with Crippen molar-refractivity contribution in [3.8, 4) is 0 Å². The normalized spacial score (nSPS) is 24.0. The number of nitrogens with zero attached hydrogens (tertiary/aromatic N) is 1. The summed E-state index contributed by atoms with van der Waals surface area (Å²) in [7, 11) is 1.87. The van der Waals surface area contributed by atoms with E-state index in [2.05, 4.69) is 0 Å². The first-order valence-electron chi connectivity index (χ1n) is 6.43. The highest BCUT2D eigenvalue weighted by molar-refractivity contribution is 5.49. The van der Waals surface area contributed by atoms with Crippen molar-refractivity contribution < 1.29 is 14.6 Å². The van der Waals surface area contributed by atoms with Crippen molar-refractivity contribution in [2.75, 3.05) is 11.9 Å². The first kappa shape index (κ1) is 13.3. The maximum atomic E-state index is 13.4. The molecule has 0 bridgehead atoms. The predicted molar refractivity (Wildman–Crippen MR) is 69.0 cm³/mol. The molecule has 18 heavy (non-hydrogen) atoms. The molecule has 0 heterocycles. The molecule has 0 spiro atoms. The number of hydrogen-bond acceptors (Lipinski definition) is 3. The Bertz CT molecular complexity index is 411. The number of anilines is 1. The van der Waals surface area contributed by atoms with E-state index in [-0.39, 0.29) is 24.6 Å². The highest BCUT2D eigenvalue weighted by atomic mass is 19.1. The van der Waals surface area contributed by atoms with Gasteiger partial charge in [0.25, 0.3) is 0 Å². The zero-order valence-corrected chi connectivity index (χ0v) is 10.6. The Morgan fingerprint density at radius 1 is 1.28 bits per heavy atom. The number of aliphatic hydroxyl groups excluding tert-OH is 2. The van der Waals surface area contributed by atoms with Crippen LogP contribution in [0.5, 0.6) is 0 Å². The maximum absolute atomic E-state index is 13.4. The molecule has 4 heteroatoms. The van der Waals surface area contributed by atoms with Gasteiger partial charge in [0, 0.05) is 12.7 Å². The van der Waals surface area contributed by atoms with Crippen LogP contribution in [-0.2, 0) is 6.61 Å². The van der Waals surface area contributed by atoms with Crippen LogP contribution < -0.4 is 4.90 Å².